The molecule has 3 N–H and O–H groups in total. The van der Waals surface area contributed by atoms with Gasteiger partial charge in [0.1, 0.15) is 0 Å². The van der Waals surface area contributed by atoms with Crippen molar-refractivity contribution in [1.29, 1.82) is 0 Å². The Labute approximate surface area is 114 Å². The van der Waals surface area contributed by atoms with Gasteiger partial charge in [0.15, 0.2) is 0 Å². The number of halogens is 1. The van der Waals surface area contributed by atoms with Gasteiger partial charge in [0, 0.05) is 32.0 Å². The van der Waals surface area contributed by atoms with Crippen LogP contribution >= 0.6 is 12.4 Å². The fraction of sp³-hybridized carbons (Fsp3) is 0.500. The Morgan fingerprint density at radius 2 is 2.22 bits per heavy atom. The number of hydrogen-bond acceptors (Lipinski definition) is 4. The van der Waals surface area contributed by atoms with Crippen LogP contribution in [-0.2, 0) is 11.3 Å². The third-order valence-corrected chi connectivity index (χ3v) is 2.52. The third kappa shape index (κ3) is 5.00. The molecule has 0 aliphatic rings. The minimum atomic E-state index is -0.376. The lowest BCUT2D eigenvalue weighted by Crippen LogP contribution is -2.39. The quantitative estimate of drug-likeness (QED) is 0.843. The van der Waals surface area contributed by atoms with E-state index < -0.39 is 0 Å². The van der Waals surface area contributed by atoms with Crippen LogP contribution in [0.2, 0.25) is 0 Å². The molecule has 0 saturated heterocycles. The Balaban J connectivity index is 0.00000289. The van der Waals surface area contributed by atoms with Gasteiger partial charge in [0.2, 0.25) is 0 Å². The highest BCUT2D eigenvalue weighted by Gasteiger charge is 2.17. The van der Waals surface area contributed by atoms with Crippen molar-refractivity contribution >= 4 is 18.3 Å². The number of methoxy groups -OCH3 is 1. The number of hydrogen-bond donors (Lipinski definition) is 2. The molecule has 0 radical (unpaired) electrons. The fourth-order valence-corrected chi connectivity index (χ4v) is 1.20. The molecule has 0 aliphatic carbocycles. The van der Waals surface area contributed by atoms with Gasteiger partial charge in [-0.3, -0.25) is 9.78 Å². The van der Waals surface area contributed by atoms with E-state index in [0.717, 1.165) is 0 Å². The number of carbonyl (C=O) groups is 1. The Morgan fingerprint density at radius 1 is 1.56 bits per heavy atom. The van der Waals surface area contributed by atoms with Gasteiger partial charge >= 0.3 is 0 Å². The third-order valence-electron chi connectivity index (χ3n) is 2.52. The summed E-state index contributed by atoms with van der Waals surface area (Å²) in [6, 6.07) is 3.35. The molecule has 1 rings (SSSR count). The molecule has 5 nitrogen and oxygen atoms in total. The molecule has 0 spiro atoms. The van der Waals surface area contributed by atoms with Gasteiger partial charge in [-0.1, -0.05) is 0 Å². The van der Waals surface area contributed by atoms with Crippen LogP contribution in [0, 0.1) is 0 Å². The predicted octanol–water partition coefficient (Wildman–Crippen LogP) is 1.12. The summed E-state index contributed by atoms with van der Waals surface area (Å²) in [6.07, 6.45) is 1.58. The predicted molar refractivity (Wildman–Crippen MR) is 72.8 cm³/mol. The average molecular weight is 274 g/mol. The van der Waals surface area contributed by atoms with Gasteiger partial charge in [-0.15, -0.1) is 12.4 Å². The van der Waals surface area contributed by atoms with Gasteiger partial charge in [-0.05, 0) is 26.0 Å². The summed E-state index contributed by atoms with van der Waals surface area (Å²) < 4.78 is 5.22. The molecule has 0 fully saturated rings. The second-order valence-electron chi connectivity index (χ2n) is 4.39. The standard InChI is InChI=1S/C12H19N3O2.ClH/c1-12(2,17-3)8-15-11(16)9-4-5-14-10(6-9)7-13;/h4-6H,7-8,13H2,1-3H3,(H,15,16);1H. The van der Waals surface area contributed by atoms with Gasteiger partial charge in [-0.25, -0.2) is 0 Å². The molecule has 0 unspecified atom stereocenters. The van der Waals surface area contributed by atoms with Crippen LogP contribution in [0.1, 0.15) is 29.9 Å². The molecular weight excluding hydrogens is 254 g/mol. The van der Waals surface area contributed by atoms with E-state index in [9.17, 15) is 4.79 Å². The van der Waals surface area contributed by atoms with Crippen molar-refractivity contribution in [3.63, 3.8) is 0 Å². The number of nitrogens with one attached hydrogen (secondary N) is 1. The van der Waals surface area contributed by atoms with Crippen LogP contribution in [0.4, 0.5) is 0 Å². The number of aromatic nitrogens is 1. The van der Waals surface area contributed by atoms with Crippen molar-refractivity contribution in [3.05, 3.63) is 29.6 Å². The van der Waals surface area contributed by atoms with Gasteiger partial charge in [0.05, 0.1) is 11.3 Å². The van der Waals surface area contributed by atoms with Crippen molar-refractivity contribution in [2.45, 2.75) is 26.0 Å². The van der Waals surface area contributed by atoms with Crippen LogP contribution < -0.4 is 11.1 Å². The minimum absolute atomic E-state index is 0. The first kappa shape index (κ1) is 16.8. The highest BCUT2D eigenvalue weighted by Crippen LogP contribution is 2.06. The van der Waals surface area contributed by atoms with Crippen molar-refractivity contribution in [2.24, 2.45) is 5.73 Å². The van der Waals surface area contributed by atoms with E-state index >= 15 is 0 Å². The molecule has 0 atom stereocenters. The molecule has 0 aromatic carbocycles. The van der Waals surface area contributed by atoms with Crippen molar-refractivity contribution in [3.8, 4) is 0 Å². The SMILES string of the molecule is COC(C)(C)CNC(=O)c1ccnc(CN)c1.Cl. The zero-order chi connectivity index (χ0) is 12.9. The Kier molecular flexibility index (Phi) is 6.83. The van der Waals surface area contributed by atoms with Gasteiger partial charge in [0.25, 0.3) is 5.91 Å². The lowest BCUT2D eigenvalue weighted by molar-refractivity contribution is 0.0229. The van der Waals surface area contributed by atoms with E-state index in [1.807, 2.05) is 13.8 Å². The average Bonchev–Trinajstić information content (AvgIpc) is 2.36. The fourth-order valence-electron chi connectivity index (χ4n) is 1.20. The monoisotopic (exact) mass is 273 g/mol. The maximum atomic E-state index is 11.8. The highest BCUT2D eigenvalue weighted by molar-refractivity contribution is 5.94. The van der Waals surface area contributed by atoms with E-state index in [4.69, 9.17) is 10.5 Å². The molecule has 18 heavy (non-hydrogen) atoms. The topological polar surface area (TPSA) is 77.2 Å². The highest BCUT2D eigenvalue weighted by atomic mass is 35.5. The van der Waals surface area contributed by atoms with E-state index in [2.05, 4.69) is 10.3 Å². The van der Waals surface area contributed by atoms with E-state index in [0.29, 0.717) is 24.3 Å². The van der Waals surface area contributed by atoms with Gasteiger partial charge in [-0.2, -0.15) is 0 Å². The first-order valence-electron chi connectivity index (χ1n) is 5.47. The molecular formula is C12H20ClN3O2. The van der Waals surface area contributed by atoms with Crippen molar-refractivity contribution < 1.29 is 9.53 Å². The maximum absolute atomic E-state index is 11.8. The Bertz CT molecular complexity index is 397. The summed E-state index contributed by atoms with van der Waals surface area (Å²) >= 11 is 0. The van der Waals surface area contributed by atoms with E-state index in [1.54, 1.807) is 25.4 Å². The molecule has 1 amide bonds. The minimum Gasteiger partial charge on any atom is -0.377 e. The second kappa shape index (κ2) is 7.31. The molecule has 1 heterocycles. The summed E-state index contributed by atoms with van der Waals surface area (Å²) in [6.45, 7) is 4.59. The Hall–Kier alpha value is -1.17. The summed E-state index contributed by atoms with van der Waals surface area (Å²) in [5.74, 6) is -0.146. The summed E-state index contributed by atoms with van der Waals surface area (Å²) in [5, 5.41) is 2.81. The van der Waals surface area contributed by atoms with Crippen LogP contribution in [0.5, 0.6) is 0 Å². The first-order valence-corrected chi connectivity index (χ1v) is 5.47. The lowest BCUT2D eigenvalue weighted by Gasteiger charge is -2.23. The van der Waals surface area contributed by atoms with Crippen LogP contribution in [0.15, 0.2) is 18.3 Å². The first-order chi connectivity index (χ1) is 7.98. The summed E-state index contributed by atoms with van der Waals surface area (Å²) in [7, 11) is 1.62. The summed E-state index contributed by atoms with van der Waals surface area (Å²) in [4.78, 5) is 15.9. The maximum Gasteiger partial charge on any atom is 0.251 e. The number of nitrogens with zero attached hydrogens (tertiary/aromatic N) is 1. The molecule has 102 valence electrons. The van der Waals surface area contributed by atoms with Crippen LogP contribution in [-0.4, -0.2) is 30.1 Å². The zero-order valence-electron chi connectivity index (χ0n) is 10.9. The normalized spacial score (nSPS) is 10.7. The number of amides is 1. The molecule has 6 heteroatoms. The lowest BCUT2D eigenvalue weighted by atomic mass is 10.1. The number of nitrogens with two attached hydrogens (primary N) is 1. The van der Waals surface area contributed by atoms with E-state index in [1.165, 1.54) is 0 Å². The molecule has 1 aromatic rings. The van der Waals surface area contributed by atoms with Gasteiger partial charge < -0.3 is 15.8 Å². The molecule has 0 bridgehead atoms. The number of carbonyl (C=O) groups excluding carboxylic acids is 1. The zero-order valence-corrected chi connectivity index (χ0v) is 11.7. The number of ether oxygens (including phenoxy) is 1. The van der Waals surface area contributed by atoms with Crippen LogP contribution in [0.3, 0.4) is 0 Å². The molecule has 0 saturated carbocycles. The number of pyridine rings is 1. The van der Waals surface area contributed by atoms with E-state index in [-0.39, 0.29) is 23.9 Å². The molecule has 0 aliphatic heterocycles. The smallest absolute Gasteiger partial charge is 0.251 e. The largest absolute Gasteiger partial charge is 0.377 e. The van der Waals surface area contributed by atoms with Crippen LogP contribution in [0.25, 0.3) is 0 Å². The summed E-state index contributed by atoms with van der Waals surface area (Å²) in [5.41, 5.74) is 6.35. The van der Waals surface area contributed by atoms with Crippen molar-refractivity contribution in [2.75, 3.05) is 13.7 Å². The molecule has 1 aromatic heterocycles. The van der Waals surface area contributed by atoms with Crippen molar-refractivity contribution in [1.82, 2.24) is 10.3 Å². The second-order valence-corrected chi connectivity index (χ2v) is 4.39. The number of rotatable bonds is 5. The Morgan fingerprint density at radius 3 is 2.78 bits per heavy atom.